The fraction of sp³-hybridized carbons (Fsp3) is 0.0189. The summed E-state index contributed by atoms with van der Waals surface area (Å²) in [5, 5.41) is 4.88. The van der Waals surface area contributed by atoms with Crippen LogP contribution < -0.4 is 15.9 Å². The molecule has 5 heteroatoms. The Morgan fingerprint density at radius 3 is 1.74 bits per heavy atom. The zero-order valence-corrected chi connectivity index (χ0v) is 32.2. The van der Waals surface area contributed by atoms with Gasteiger partial charge in [-0.2, -0.15) is 0 Å². The molecular weight excluding hydrogens is 726 g/mol. The van der Waals surface area contributed by atoms with Crippen LogP contribution in [0.25, 0.3) is 61.4 Å². The number of para-hydroxylation sites is 3. The molecule has 0 saturated heterocycles. The van der Waals surface area contributed by atoms with Crippen molar-refractivity contribution in [2.75, 3.05) is 0 Å². The molecule has 0 saturated carbocycles. The molecular formula is C53H34N3OP. The monoisotopic (exact) mass is 759 g/mol. The van der Waals surface area contributed by atoms with Gasteiger partial charge < -0.3 is 9.13 Å². The van der Waals surface area contributed by atoms with Crippen LogP contribution in [0.15, 0.2) is 206 Å². The first-order valence-corrected chi connectivity index (χ1v) is 21.4. The topological polar surface area (TPSA) is 47.8 Å². The smallest absolute Gasteiger partial charge is 0.171 e. The fourth-order valence-corrected chi connectivity index (χ4v) is 13.1. The predicted molar refractivity (Wildman–Crippen MR) is 237 cm³/mol. The molecule has 58 heavy (non-hydrogen) atoms. The minimum Gasteiger partial charge on any atom is -0.309 e. The molecule has 0 radical (unpaired) electrons. The second kappa shape index (κ2) is 12.4. The molecule has 2 atom stereocenters. The molecule has 0 bridgehead atoms. The molecule has 2 aliphatic rings. The van der Waals surface area contributed by atoms with Gasteiger partial charge in [-0.15, -0.1) is 0 Å². The van der Waals surface area contributed by atoms with Gasteiger partial charge in [0.1, 0.15) is 0 Å². The average Bonchev–Trinajstić information content (AvgIpc) is 3.65. The normalized spacial score (nSPS) is 17.5. The number of hydrogen-bond donors (Lipinski definition) is 0. The third kappa shape index (κ3) is 4.44. The van der Waals surface area contributed by atoms with Gasteiger partial charge in [0.05, 0.1) is 33.5 Å². The van der Waals surface area contributed by atoms with Crippen LogP contribution in [0.3, 0.4) is 0 Å². The highest BCUT2D eigenvalue weighted by atomic mass is 31.2. The first-order valence-electron chi connectivity index (χ1n) is 19.7. The Morgan fingerprint density at radius 1 is 0.431 bits per heavy atom. The maximum atomic E-state index is 16.8. The molecule has 8 aromatic carbocycles. The molecule has 0 N–H and O–H groups in total. The zero-order chi connectivity index (χ0) is 38.4. The molecule has 2 unspecified atom stereocenters. The predicted octanol–water partition coefficient (Wildman–Crippen LogP) is 11.2. The van der Waals surface area contributed by atoms with Gasteiger partial charge in [-0.1, -0.05) is 182 Å². The van der Waals surface area contributed by atoms with Crippen molar-refractivity contribution in [3.05, 3.63) is 229 Å². The second-order valence-electron chi connectivity index (χ2n) is 15.2. The van der Waals surface area contributed by atoms with E-state index in [0.29, 0.717) is 5.82 Å². The van der Waals surface area contributed by atoms with E-state index in [-0.39, 0.29) is 0 Å². The van der Waals surface area contributed by atoms with E-state index >= 15 is 4.57 Å². The van der Waals surface area contributed by atoms with E-state index in [9.17, 15) is 0 Å². The Labute approximate surface area is 336 Å². The molecule has 0 fully saturated rings. The van der Waals surface area contributed by atoms with E-state index in [1.54, 1.807) is 0 Å². The summed E-state index contributed by atoms with van der Waals surface area (Å²) in [4.78, 5) is 10.5. The van der Waals surface area contributed by atoms with Crippen LogP contribution in [-0.2, 0) is 9.98 Å². The van der Waals surface area contributed by atoms with Crippen LogP contribution in [-0.4, -0.2) is 14.5 Å². The Kier molecular flexibility index (Phi) is 7.09. The molecule has 2 aliphatic heterocycles. The van der Waals surface area contributed by atoms with Crippen molar-refractivity contribution in [2.24, 2.45) is 0 Å². The van der Waals surface area contributed by atoms with Crippen molar-refractivity contribution < 1.29 is 4.57 Å². The van der Waals surface area contributed by atoms with E-state index in [2.05, 4.69) is 138 Å². The lowest BCUT2D eigenvalue weighted by molar-refractivity contribution is 0.590. The van der Waals surface area contributed by atoms with Crippen molar-refractivity contribution >= 4 is 44.9 Å². The van der Waals surface area contributed by atoms with E-state index < -0.39 is 12.6 Å². The minimum absolute atomic E-state index is 0.585. The third-order valence-electron chi connectivity index (χ3n) is 12.3. The van der Waals surface area contributed by atoms with Crippen molar-refractivity contribution in [3.8, 4) is 39.6 Å². The summed E-state index contributed by atoms with van der Waals surface area (Å²) in [6.07, 6.45) is 0. The highest BCUT2D eigenvalue weighted by Crippen LogP contribution is 2.61. The summed E-state index contributed by atoms with van der Waals surface area (Å²) in [5.74, 6) is 0.585. The van der Waals surface area contributed by atoms with Crippen molar-refractivity contribution in [1.82, 2.24) is 14.5 Å². The van der Waals surface area contributed by atoms with E-state index in [1.807, 2.05) is 72.8 Å². The minimum atomic E-state index is -3.49. The van der Waals surface area contributed by atoms with Gasteiger partial charge in [0.2, 0.25) is 0 Å². The van der Waals surface area contributed by atoms with E-state index in [4.69, 9.17) is 9.97 Å². The summed E-state index contributed by atoms with van der Waals surface area (Å²) in [5.41, 5.74) is 11.6. The van der Waals surface area contributed by atoms with E-state index in [0.717, 1.165) is 66.4 Å². The molecule has 4 heterocycles. The Morgan fingerprint density at radius 2 is 1.00 bits per heavy atom. The largest absolute Gasteiger partial charge is 0.309 e. The lowest BCUT2D eigenvalue weighted by atomic mass is 9.62. The summed E-state index contributed by atoms with van der Waals surface area (Å²) in [6.45, 7) is 0. The number of nitrogens with zero attached hydrogens (tertiary/aromatic N) is 3. The van der Waals surface area contributed by atoms with Crippen LogP contribution in [0.1, 0.15) is 22.3 Å². The van der Waals surface area contributed by atoms with Gasteiger partial charge >= 0.3 is 0 Å². The molecule has 1 spiro atoms. The molecule has 2 aromatic heterocycles. The second-order valence-corrected chi connectivity index (χ2v) is 17.9. The summed E-state index contributed by atoms with van der Waals surface area (Å²) in [7, 11) is -3.49. The first-order chi connectivity index (χ1) is 28.7. The Bertz CT molecular complexity index is 3260. The lowest BCUT2D eigenvalue weighted by Crippen LogP contribution is -2.48. The number of benzene rings is 8. The fourth-order valence-electron chi connectivity index (χ4n) is 9.88. The van der Waals surface area contributed by atoms with Crippen molar-refractivity contribution in [1.29, 1.82) is 0 Å². The highest BCUT2D eigenvalue weighted by molar-refractivity contribution is 7.85. The molecule has 0 amide bonds. The maximum Gasteiger partial charge on any atom is 0.171 e. The van der Waals surface area contributed by atoms with Crippen LogP contribution >= 0.6 is 7.14 Å². The summed E-state index contributed by atoms with van der Waals surface area (Å²) in [6, 6.07) is 71.8. The lowest BCUT2D eigenvalue weighted by Gasteiger charge is -2.47. The molecule has 4 nitrogen and oxygen atoms in total. The number of aromatic nitrogens is 3. The van der Waals surface area contributed by atoms with Gasteiger partial charge in [-0.25, -0.2) is 9.97 Å². The first kappa shape index (κ1) is 33.1. The van der Waals surface area contributed by atoms with Crippen LogP contribution in [0, 0.1) is 0 Å². The zero-order valence-electron chi connectivity index (χ0n) is 31.3. The molecule has 12 rings (SSSR count). The van der Waals surface area contributed by atoms with Gasteiger partial charge in [0.15, 0.2) is 13.0 Å². The van der Waals surface area contributed by atoms with Gasteiger partial charge in [0.25, 0.3) is 0 Å². The Hall–Kier alpha value is -7.13. The van der Waals surface area contributed by atoms with Gasteiger partial charge in [-0.05, 0) is 46.5 Å². The summed E-state index contributed by atoms with van der Waals surface area (Å²) < 4.78 is 19.2. The number of fused-ring (bicyclic) bond motifs is 11. The van der Waals surface area contributed by atoms with Crippen LogP contribution in [0.2, 0.25) is 0 Å². The quantitative estimate of drug-likeness (QED) is 0.168. The maximum absolute atomic E-state index is 16.8. The average molecular weight is 760 g/mol. The van der Waals surface area contributed by atoms with E-state index in [1.165, 1.54) is 27.4 Å². The molecule has 10 aromatic rings. The van der Waals surface area contributed by atoms with Gasteiger partial charge in [-0.3, -0.25) is 0 Å². The van der Waals surface area contributed by atoms with Crippen molar-refractivity contribution in [3.63, 3.8) is 0 Å². The van der Waals surface area contributed by atoms with Crippen molar-refractivity contribution in [2.45, 2.75) is 5.41 Å². The number of hydrogen-bond acceptors (Lipinski definition) is 3. The molecule has 0 aliphatic carbocycles. The van der Waals surface area contributed by atoms with Gasteiger partial charge in [0, 0.05) is 43.4 Å². The standard InChI is InChI=1S/C53H34N3OP/c57-58(38-21-8-3-9-22-38)49-30-15-12-26-42(49)53(41-25-11-14-29-48(41)56-47-28-13-10-23-39(47)40-24-16-27-44(53)51(40)56)43-32-31-37(33-50(43)58)52-54-45(35-17-4-1-5-18-35)34-46(55-52)36-19-6-2-7-20-36/h1-34H. The summed E-state index contributed by atoms with van der Waals surface area (Å²) >= 11 is 0. The van der Waals surface area contributed by atoms with Crippen LogP contribution in [0.5, 0.6) is 0 Å². The SMILES string of the molecule is O=P1(c2ccccc2)c2ccccc2C2(c3ccccc3-n3c4ccccc4c4cccc2c43)c2ccc(-c3nc(-c4ccccc4)cc(-c4ccccc4)n3)cc21. The Balaban J connectivity index is 1.22. The van der Waals surface area contributed by atoms with Crippen LogP contribution in [0.4, 0.5) is 0 Å². The number of rotatable bonds is 4. The third-order valence-corrected chi connectivity index (χ3v) is 15.4. The highest BCUT2D eigenvalue weighted by Gasteiger charge is 2.54. The molecule has 272 valence electrons.